The molecule has 0 saturated heterocycles. The maximum Gasteiger partial charge on any atom is 0.406 e. The molecule has 1 amide bonds. The SMILES string of the molecule is CC(C)CC(N)C(=O)N(Cc1ccccc1)CC(F)(F)F. The summed E-state index contributed by atoms with van der Waals surface area (Å²) in [6, 6.07) is 7.68. The van der Waals surface area contributed by atoms with Crippen LogP contribution in [0.4, 0.5) is 13.2 Å². The zero-order valence-electron chi connectivity index (χ0n) is 12.2. The van der Waals surface area contributed by atoms with Crippen LogP contribution in [0.1, 0.15) is 25.8 Å². The summed E-state index contributed by atoms with van der Waals surface area (Å²) in [4.78, 5) is 12.9. The highest BCUT2D eigenvalue weighted by Gasteiger charge is 2.34. The van der Waals surface area contributed by atoms with E-state index in [1.165, 1.54) is 0 Å². The highest BCUT2D eigenvalue weighted by atomic mass is 19.4. The summed E-state index contributed by atoms with van der Waals surface area (Å²) in [6.45, 7) is 2.37. The normalized spacial score (nSPS) is 13.3. The van der Waals surface area contributed by atoms with E-state index in [4.69, 9.17) is 5.73 Å². The minimum Gasteiger partial charge on any atom is -0.328 e. The summed E-state index contributed by atoms with van der Waals surface area (Å²) in [7, 11) is 0. The van der Waals surface area contributed by atoms with Crippen molar-refractivity contribution in [2.24, 2.45) is 11.7 Å². The third-order valence-electron chi connectivity index (χ3n) is 2.94. The first kappa shape index (κ1) is 17.5. The Morgan fingerprint density at radius 2 is 1.81 bits per heavy atom. The number of carbonyl (C=O) groups is 1. The Labute approximate surface area is 122 Å². The van der Waals surface area contributed by atoms with Crippen molar-refractivity contribution in [2.75, 3.05) is 6.54 Å². The van der Waals surface area contributed by atoms with E-state index in [1.54, 1.807) is 30.3 Å². The molecule has 0 radical (unpaired) electrons. The molecule has 0 spiro atoms. The van der Waals surface area contributed by atoms with Crippen LogP contribution < -0.4 is 5.73 Å². The van der Waals surface area contributed by atoms with Gasteiger partial charge in [0.2, 0.25) is 5.91 Å². The van der Waals surface area contributed by atoms with Crippen LogP contribution >= 0.6 is 0 Å². The Kier molecular flexibility index (Phi) is 6.20. The Hall–Kier alpha value is -1.56. The quantitative estimate of drug-likeness (QED) is 0.878. The van der Waals surface area contributed by atoms with E-state index < -0.39 is 24.7 Å². The first-order valence-corrected chi connectivity index (χ1v) is 6.84. The maximum atomic E-state index is 12.7. The van der Waals surface area contributed by atoms with Crippen molar-refractivity contribution in [3.05, 3.63) is 35.9 Å². The largest absolute Gasteiger partial charge is 0.406 e. The molecule has 0 aliphatic carbocycles. The van der Waals surface area contributed by atoms with Gasteiger partial charge in [0.1, 0.15) is 6.54 Å². The molecule has 0 aromatic heterocycles. The van der Waals surface area contributed by atoms with Crippen LogP contribution in [0.15, 0.2) is 30.3 Å². The van der Waals surface area contributed by atoms with E-state index in [2.05, 4.69) is 0 Å². The van der Waals surface area contributed by atoms with Crippen LogP contribution in [-0.4, -0.2) is 29.6 Å². The summed E-state index contributed by atoms with van der Waals surface area (Å²) < 4.78 is 38.0. The van der Waals surface area contributed by atoms with Crippen molar-refractivity contribution in [2.45, 2.75) is 39.0 Å². The zero-order chi connectivity index (χ0) is 16.0. The highest BCUT2D eigenvalue weighted by molar-refractivity contribution is 5.81. The summed E-state index contributed by atoms with van der Waals surface area (Å²) in [5.41, 5.74) is 6.38. The van der Waals surface area contributed by atoms with Gasteiger partial charge in [0.05, 0.1) is 6.04 Å². The van der Waals surface area contributed by atoms with E-state index >= 15 is 0 Å². The molecule has 21 heavy (non-hydrogen) atoms. The Balaban J connectivity index is 2.84. The second-order valence-corrected chi connectivity index (χ2v) is 5.53. The zero-order valence-corrected chi connectivity index (χ0v) is 12.2. The van der Waals surface area contributed by atoms with Crippen molar-refractivity contribution in [1.29, 1.82) is 0 Å². The molecule has 0 saturated carbocycles. The maximum absolute atomic E-state index is 12.7. The number of rotatable bonds is 6. The number of nitrogens with two attached hydrogens (primary N) is 1. The van der Waals surface area contributed by atoms with Gasteiger partial charge >= 0.3 is 6.18 Å². The van der Waals surface area contributed by atoms with E-state index in [1.807, 2.05) is 13.8 Å². The number of alkyl halides is 3. The van der Waals surface area contributed by atoms with Crippen molar-refractivity contribution in [1.82, 2.24) is 4.90 Å². The molecule has 2 N–H and O–H groups in total. The van der Waals surface area contributed by atoms with Crippen LogP contribution in [0, 0.1) is 5.92 Å². The predicted molar refractivity (Wildman–Crippen MR) is 75.3 cm³/mol. The summed E-state index contributed by atoms with van der Waals surface area (Å²) >= 11 is 0. The van der Waals surface area contributed by atoms with Crippen LogP contribution in [0.2, 0.25) is 0 Å². The van der Waals surface area contributed by atoms with Gasteiger partial charge in [-0.25, -0.2) is 0 Å². The number of benzene rings is 1. The molecule has 0 aliphatic rings. The summed E-state index contributed by atoms with van der Waals surface area (Å²) in [5.74, 6) is -0.515. The molecule has 118 valence electrons. The number of hydrogen-bond donors (Lipinski definition) is 1. The van der Waals surface area contributed by atoms with Gasteiger partial charge in [-0.05, 0) is 17.9 Å². The highest BCUT2D eigenvalue weighted by Crippen LogP contribution is 2.19. The Morgan fingerprint density at radius 3 is 2.29 bits per heavy atom. The van der Waals surface area contributed by atoms with Gasteiger partial charge in [-0.1, -0.05) is 44.2 Å². The fourth-order valence-corrected chi connectivity index (χ4v) is 2.08. The number of carbonyl (C=O) groups excluding carboxylic acids is 1. The van der Waals surface area contributed by atoms with Gasteiger partial charge < -0.3 is 10.6 Å². The molecule has 1 aromatic carbocycles. The van der Waals surface area contributed by atoms with Crippen molar-refractivity contribution in [3.8, 4) is 0 Å². The van der Waals surface area contributed by atoms with Crippen LogP contribution in [-0.2, 0) is 11.3 Å². The van der Waals surface area contributed by atoms with Gasteiger partial charge in [-0.2, -0.15) is 13.2 Å². The smallest absolute Gasteiger partial charge is 0.328 e. The second kappa shape index (κ2) is 7.45. The molecule has 0 aliphatic heterocycles. The van der Waals surface area contributed by atoms with Gasteiger partial charge in [0.25, 0.3) is 0 Å². The average Bonchev–Trinajstić information content (AvgIpc) is 2.36. The predicted octanol–water partition coefficient (Wildman–Crippen LogP) is 2.95. The third kappa shape index (κ3) is 6.62. The number of amides is 1. The molecule has 1 atom stereocenters. The number of hydrogen-bond acceptors (Lipinski definition) is 2. The molecule has 3 nitrogen and oxygen atoms in total. The lowest BCUT2D eigenvalue weighted by Crippen LogP contribution is -2.47. The molecular formula is C15H21F3N2O. The molecule has 0 heterocycles. The summed E-state index contributed by atoms with van der Waals surface area (Å²) in [6.07, 6.45) is -4.08. The first-order valence-electron chi connectivity index (χ1n) is 6.84. The number of halogens is 3. The van der Waals surface area contributed by atoms with Gasteiger partial charge in [0.15, 0.2) is 0 Å². The molecule has 1 rings (SSSR count). The minimum absolute atomic E-state index is 0.0923. The van der Waals surface area contributed by atoms with Crippen LogP contribution in [0.25, 0.3) is 0 Å². The number of nitrogens with zero attached hydrogens (tertiary/aromatic N) is 1. The lowest BCUT2D eigenvalue weighted by atomic mass is 10.0. The fraction of sp³-hybridized carbons (Fsp3) is 0.533. The van der Waals surface area contributed by atoms with E-state index in [0.29, 0.717) is 12.0 Å². The third-order valence-corrected chi connectivity index (χ3v) is 2.94. The van der Waals surface area contributed by atoms with Crippen LogP contribution in [0.3, 0.4) is 0 Å². The Morgan fingerprint density at radius 1 is 1.24 bits per heavy atom. The molecule has 6 heteroatoms. The lowest BCUT2D eigenvalue weighted by Gasteiger charge is -2.27. The summed E-state index contributed by atoms with van der Waals surface area (Å²) in [5, 5.41) is 0. The average molecular weight is 302 g/mol. The minimum atomic E-state index is -4.44. The van der Waals surface area contributed by atoms with Gasteiger partial charge in [-0.15, -0.1) is 0 Å². The van der Waals surface area contributed by atoms with Gasteiger partial charge in [-0.3, -0.25) is 4.79 Å². The van der Waals surface area contributed by atoms with E-state index in [0.717, 1.165) is 4.90 Å². The first-order chi connectivity index (χ1) is 9.69. The van der Waals surface area contributed by atoms with Crippen molar-refractivity contribution >= 4 is 5.91 Å². The van der Waals surface area contributed by atoms with E-state index in [-0.39, 0.29) is 12.5 Å². The topological polar surface area (TPSA) is 46.3 Å². The molecule has 1 aromatic rings. The molecular weight excluding hydrogens is 281 g/mol. The fourth-order valence-electron chi connectivity index (χ4n) is 2.08. The van der Waals surface area contributed by atoms with Gasteiger partial charge in [0, 0.05) is 6.54 Å². The lowest BCUT2D eigenvalue weighted by molar-refractivity contribution is -0.163. The van der Waals surface area contributed by atoms with Crippen molar-refractivity contribution in [3.63, 3.8) is 0 Å². The standard InChI is InChI=1S/C15H21F3N2O/c1-11(2)8-13(19)14(21)20(10-15(16,17)18)9-12-6-4-3-5-7-12/h3-7,11,13H,8-10,19H2,1-2H3. The second-order valence-electron chi connectivity index (χ2n) is 5.53. The molecule has 1 unspecified atom stereocenters. The van der Waals surface area contributed by atoms with Crippen LogP contribution in [0.5, 0.6) is 0 Å². The van der Waals surface area contributed by atoms with E-state index in [9.17, 15) is 18.0 Å². The molecule has 0 fully saturated rings. The van der Waals surface area contributed by atoms with Crippen molar-refractivity contribution < 1.29 is 18.0 Å². The Bertz CT molecular complexity index is 446. The monoisotopic (exact) mass is 302 g/mol. The molecule has 0 bridgehead atoms.